The van der Waals surface area contributed by atoms with Crippen molar-refractivity contribution in [3.63, 3.8) is 0 Å². The SMILES string of the molecule is COc1ccc(C(O)c2cc(F)ccc2Cl)cc1OC. The Morgan fingerprint density at radius 2 is 1.75 bits per heavy atom. The van der Waals surface area contributed by atoms with Crippen LogP contribution < -0.4 is 9.47 Å². The van der Waals surface area contributed by atoms with Gasteiger partial charge in [-0.2, -0.15) is 0 Å². The lowest BCUT2D eigenvalue weighted by Crippen LogP contribution is -2.02. The maximum atomic E-state index is 13.3. The van der Waals surface area contributed by atoms with E-state index in [1.54, 1.807) is 18.2 Å². The monoisotopic (exact) mass is 296 g/mol. The molecule has 1 N–H and O–H groups in total. The molecule has 0 aliphatic carbocycles. The molecule has 2 aromatic carbocycles. The van der Waals surface area contributed by atoms with Gasteiger partial charge in [0.15, 0.2) is 11.5 Å². The zero-order valence-corrected chi connectivity index (χ0v) is 11.8. The van der Waals surface area contributed by atoms with Crippen LogP contribution in [0.15, 0.2) is 36.4 Å². The smallest absolute Gasteiger partial charge is 0.161 e. The van der Waals surface area contributed by atoms with Crippen molar-refractivity contribution < 1.29 is 19.0 Å². The van der Waals surface area contributed by atoms with E-state index < -0.39 is 11.9 Å². The number of hydrogen-bond acceptors (Lipinski definition) is 3. The van der Waals surface area contributed by atoms with E-state index in [-0.39, 0.29) is 0 Å². The lowest BCUT2D eigenvalue weighted by atomic mass is 10.0. The normalized spacial score (nSPS) is 12.1. The number of benzene rings is 2. The summed E-state index contributed by atoms with van der Waals surface area (Å²) >= 11 is 5.99. The Morgan fingerprint density at radius 1 is 1.05 bits per heavy atom. The second-order valence-corrected chi connectivity index (χ2v) is 4.59. The van der Waals surface area contributed by atoms with Crippen molar-refractivity contribution in [2.24, 2.45) is 0 Å². The van der Waals surface area contributed by atoms with E-state index >= 15 is 0 Å². The summed E-state index contributed by atoms with van der Waals surface area (Å²) in [6, 6.07) is 8.84. The molecule has 0 radical (unpaired) electrons. The zero-order valence-electron chi connectivity index (χ0n) is 11.1. The quantitative estimate of drug-likeness (QED) is 0.937. The van der Waals surface area contributed by atoms with E-state index in [0.717, 1.165) is 0 Å². The molecule has 3 nitrogen and oxygen atoms in total. The first-order chi connectivity index (χ1) is 9.56. The van der Waals surface area contributed by atoms with Crippen LogP contribution in [0.4, 0.5) is 4.39 Å². The Labute approximate surface area is 121 Å². The Hall–Kier alpha value is -1.78. The van der Waals surface area contributed by atoms with Crippen molar-refractivity contribution in [3.05, 3.63) is 58.4 Å². The predicted molar refractivity (Wildman–Crippen MR) is 75.0 cm³/mol. The Kier molecular flexibility index (Phi) is 4.47. The lowest BCUT2D eigenvalue weighted by molar-refractivity contribution is 0.219. The second kappa shape index (κ2) is 6.11. The fourth-order valence-corrected chi connectivity index (χ4v) is 2.15. The van der Waals surface area contributed by atoms with Crippen LogP contribution in [0.5, 0.6) is 11.5 Å². The highest BCUT2D eigenvalue weighted by Gasteiger charge is 2.17. The summed E-state index contributed by atoms with van der Waals surface area (Å²) in [5, 5.41) is 10.6. The highest BCUT2D eigenvalue weighted by atomic mass is 35.5. The van der Waals surface area contributed by atoms with Crippen LogP contribution >= 0.6 is 11.6 Å². The Balaban J connectivity index is 2.42. The molecule has 0 spiro atoms. The first kappa shape index (κ1) is 14.6. The van der Waals surface area contributed by atoms with E-state index in [1.807, 2.05) is 0 Å². The van der Waals surface area contributed by atoms with Crippen LogP contribution in [-0.4, -0.2) is 19.3 Å². The van der Waals surface area contributed by atoms with E-state index in [4.69, 9.17) is 21.1 Å². The van der Waals surface area contributed by atoms with Gasteiger partial charge in [-0.05, 0) is 35.9 Å². The molecular formula is C15H14ClFO3. The summed E-state index contributed by atoms with van der Waals surface area (Å²) < 4.78 is 23.6. The van der Waals surface area contributed by atoms with Crippen molar-refractivity contribution in [1.82, 2.24) is 0 Å². The van der Waals surface area contributed by atoms with Gasteiger partial charge in [-0.15, -0.1) is 0 Å². The summed E-state index contributed by atoms with van der Waals surface area (Å²) in [7, 11) is 3.03. The van der Waals surface area contributed by atoms with Crippen molar-refractivity contribution in [3.8, 4) is 11.5 Å². The van der Waals surface area contributed by atoms with Gasteiger partial charge in [0.05, 0.1) is 14.2 Å². The molecule has 0 fully saturated rings. The molecule has 106 valence electrons. The van der Waals surface area contributed by atoms with Gasteiger partial charge in [0.25, 0.3) is 0 Å². The third kappa shape index (κ3) is 2.86. The summed E-state index contributed by atoms with van der Waals surface area (Å²) in [6.07, 6.45) is -1.04. The highest BCUT2D eigenvalue weighted by molar-refractivity contribution is 6.31. The summed E-state index contributed by atoms with van der Waals surface area (Å²) in [6.45, 7) is 0. The first-order valence-corrected chi connectivity index (χ1v) is 6.29. The van der Waals surface area contributed by atoms with Gasteiger partial charge in [0.2, 0.25) is 0 Å². The molecule has 2 rings (SSSR count). The van der Waals surface area contributed by atoms with Gasteiger partial charge in [0.1, 0.15) is 11.9 Å². The summed E-state index contributed by atoms with van der Waals surface area (Å²) in [4.78, 5) is 0. The highest BCUT2D eigenvalue weighted by Crippen LogP contribution is 2.34. The summed E-state index contributed by atoms with van der Waals surface area (Å²) in [5.74, 6) is 0.578. The summed E-state index contributed by atoms with van der Waals surface area (Å²) in [5.41, 5.74) is 0.842. The minimum Gasteiger partial charge on any atom is -0.493 e. The minimum absolute atomic E-state index is 0.300. The van der Waals surface area contributed by atoms with Crippen molar-refractivity contribution >= 4 is 11.6 Å². The van der Waals surface area contributed by atoms with E-state index in [1.165, 1.54) is 32.4 Å². The number of methoxy groups -OCH3 is 2. The molecule has 0 bridgehead atoms. The largest absolute Gasteiger partial charge is 0.493 e. The number of aliphatic hydroxyl groups is 1. The van der Waals surface area contributed by atoms with Gasteiger partial charge in [0, 0.05) is 10.6 Å². The maximum Gasteiger partial charge on any atom is 0.161 e. The van der Waals surface area contributed by atoms with Gasteiger partial charge in [-0.3, -0.25) is 0 Å². The topological polar surface area (TPSA) is 38.7 Å². The average molecular weight is 297 g/mol. The molecule has 0 aromatic heterocycles. The fourth-order valence-electron chi connectivity index (χ4n) is 1.93. The Bertz CT molecular complexity index is 616. The van der Waals surface area contributed by atoms with Gasteiger partial charge in [-0.25, -0.2) is 4.39 Å². The van der Waals surface area contributed by atoms with Crippen LogP contribution in [0.3, 0.4) is 0 Å². The molecule has 20 heavy (non-hydrogen) atoms. The molecule has 5 heteroatoms. The van der Waals surface area contributed by atoms with Gasteiger partial charge < -0.3 is 14.6 Å². The molecule has 0 saturated carbocycles. The molecule has 0 amide bonds. The van der Waals surface area contributed by atoms with Crippen molar-refractivity contribution in [2.45, 2.75) is 6.10 Å². The van der Waals surface area contributed by atoms with E-state index in [9.17, 15) is 9.50 Å². The van der Waals surface area contributed by atoms with Crippen molar-refractivity contribution in [1.29, 1.82) is 0 Å². The molecule has 0 aliphatic heterocycles. The number of hydrogen-bond donors (Lipinski definition) is 1. The van der Waals surface area contributed by atoms with E-state index in [2.05, 4.69) is 0 Å². The predicted octanol–water partition coefficient (Wildman–Crippen LogP) is 3.58. The molecule has 1 unspecified atom stereocenters. The fraction of sp³-hybridized carbons (Fsp3) is 0.200. The van der Waals surface area contributed by atoms with Gasteiger partial charge in [-0.1, -0.05) is 17.7 Å². The maximum absolute atomic E-state index is 13.3. The first-order valence-electron chi connectivity index (χ1n) is 5.91. The van der Waals surface area contributed by atoms with Crippen molar-refractivity contribution in [2.75, 3.05) is 14.2 Å². The van der Waals surface area contributed by atoms with Crippen LogP contribution in [0.25, 0.3) is 0 Å². The average Bonchev–Trinajstić information content (AvgIpc) is 2.48. The molecular weight excluding hydrogens is 283 g/mol. The van der Waals surface area contributed by atoms with Crippen LogP contribution in [0.1, 0.15) is 17.2 Å². The molecule has 1 atom stereocenters. The van der Waals surface area contributed by atoms with Crippen LogP contribution in [-0.2, 0) is 0 Å². The zero-order chi connectivity index (χ0) is 14.7. The number of ether oxygens (including phenoxy) is 2. The van der Waals surface area contributed by atoms with Crippen LogP contribution in [0, 0.1) is 5.82 Å². The molecule has 0 saturated heterocycles. The number of aliphatic hydroxyl groups excluding tert-OH is 1. The Morgan fingerprint density at radius 3 is 2.40 bits per heavy atom. The lowest BCUT2D eigenvalue weighted by Gasteiger charge is -2.15. The molecule has 0 heterocycles. The molecule has 2 aromatic rings. The standard InChI is InChI=1S/C15H14ClFO3/c1-19-13-6-3-9(7-14(13)20-2)15(18)11-8-10(17)4-5-12(11)16/h3-8,15,18H,1-2H3. The van der Waals surface area contributed by atoms with Crippen LogP contribution in [0.2, 0.25) is 5.02 Å². The number of halogens is 2. The van der Waals surface area contributed by atoms with Gasteiger partial charge >= 0.3 is 0 Å². The third-order valence-electron chi connectivity index (χ3n) is 2.98. The second-order valence-electron chi connectivity index (χ2n) is 4.18. The van der Waals surface area contributed by atoms with E-state index in [0.29, 0.717) is 27.6 Å². The molecule has 0 aliphatic rings. The minimum atomic E-state index is -1.04. The third-order valence-corrected chi connectivity index (χ3v) is 3.32. The number of rotatable bonds is 4.